The van der Waals surface area contributed by atoms with E-state index in [0.717, 1.165) is 56.8 Å². The van der Waals surface area contributed by atoms with Gasteiger partial charge in [0.2, 0.25) is 0 Å². The number of hydrogen-bond donors (Lipinski definition) is 0. The Morgan fingerprint density at radius 3 is 2.55 bits per heavy atom. The highest BCUT2D eigenvalue weighted by Gasteiger charge is 2.40. The smallest absolute Gasteiger partial charge is 0.139 e. The molecule has 0 atom stereocenters. The summed E-state index contributed by atoms with van der Waals surface area (Å²) in [6.45, 7) is 10.8. The van der Waals surface area contributed by atoms with Crippen molar-refractivity contribution in [1.82, 2.24) is 9.97 Å². The minimum absolute atomic E-state index is 0.170. The number of methoxy groups -OCH3 is 1. The van der Waals surface area contributed by atoms with Crippen molar-refractivity contribution in [3.05, 3.63) is 58.2 Å². The second-order valence-corrected chi connectivity index (χ2v) is 9.83. The second kappa shape index (κ2) is 8.44. The van der Waals surface area contributed by atoms with Crippen LogP contribution in [-0.4, -0.2) is 35.9 Å². The third kappa shape index (κ3) is 3.77. The molecule has 1 aromatic heterocycles. The van der Waals surface area contributed by atoms with Gasteiger partial charge in [-0.15, -0.1) is 0 Å². The summed E-state index contributed by atoms with van der Waals surface area (Å²) in [6.07, 6.45) is 9.27. The summed E-state index contributed by atoms with van der Waals surface area (Å²) < 4.78 is 5.46. The monoisotopic (exact) mass is 442 g/mol. The highest BCUT2D eigenvalue weighted by molar-refractivity contribution is 6.03. The average molecular weight is 443 g/mol. The number of fused-ring (bicyclic) bond motifs is 1. The van der Waals surface area contributed by atoms with Crippen molar-refractivity contribution >= 4 is 23.2 Å². The molecule has 1 fully saturated rings. The van der Waals surface area contributed by atoms with Gasteiger partial charge in [-0.1, -0.05) is 24.6 Å². The molecule has 0 N–H and O–H groups in total. The third-order valence-electron chi connectivity index (χ3n) is 7.92. The number of ether oxygens (including phenoxy) is 1. The molecular formula is C28H34N4O. The molecule has 0 saturated carbocycles. The van der Waals surface area contributed by atoms with E-state index in [-0.39, 0.29) is 5.41 Å². The van der Waals surface area contributed by atoms with Crippen LogP contribution in [0.25, 0.3) is 11.6 Å². The third-order valence-corrected chi connectivity index (χ3v) is 7.92. The van der Waals surface area contributed by atoms with Crippen LogP contribution in [0.3, 0.4) is 0 Å². The Hall–Kier alpha value is -2.95. The van der Waals surface area contributed by atoms with Crippen LogP contribution >= 0.6 is 0 Å². The molecule has 2 aromatic rings. The van der Waals surface area contributed by atoms with Gasteiger partial charge in [-0.2, -0.15) is 0 Å². The molecule has 0 amide bonds. The maximum absolute atomic E-state index is 5.46. The van der Waals surface area contributed by atoms with Crippen LogP contribution in [0.5, 0.6) is 5.75 Å². The van der Waals surface area contributed by atoms with E-state index in [0.29, 0.717) is 0 Å². The first kappa shape index (κ1) is 21.9. The van der Waals surface area contributed by atoms with Gasteiger partial charge in [-0.25, -0.2) is 9.97 Å². The molecular weight excluding hydrogens is 408 g/mol. The van der Waals surface area contributed by atoms with Crippen molar-refractivity contribution in [1.29, 1.82) is 0 Å². The molecule has 33 heavy (non-hydrogen) atoms. The van der Waals surface area contributed by atoms with Gasteiger partial charge in [0.15, 0.2) is 0 Å². The predicted octanol–water partition coefficient (Wildman–Crippen LogP) is 6.03. The van der Waals surface area contributed by atoms with Crippen LogP contribution in [0, 0.1) is 12.3 Å². The Labute approximate surface area is 197 Å². The zero-order valence-electron chi connectivity index (χ0n) is 20.5. The van der Waals surface area contributed by atoms with E-state index in [1.54, 1.807) is 13.4 Å². The Bertz CT molecular complexity index is 1180. The molecule has 0 unspecified atom stereocenters. The van der Waals surface area contributed by atoms with E-state index in [2.05, 4.69) is 66.8 Å². The number of allylic oxidation sites excluding steroid dienone is 3. The molecule has 3 heterocycles. The summed E-state index contributed by atoms with van der Waals surface area (Å²) in [5.41, 5.74) is 10.3. The molecule has 1 saturated heterocycles. The molecule has 5 heteroatoms. The van der Waals surface area contributed by atoms with Crippen LogP contribution in [0.4, 0.5) is 5.82 Å². The summed E-state index contributed by atoms with van der Waals surface area (Å²) in [6, 6.07) is 6.49. The standard InChI is InChI=1S/C28H34N4O/c1-6-28(26-16-22(20(4)31-26)21-7-8-25(33-5)19(3)15-21)9-11-32(12-10-28)27-23-13-18(2)14-24(23)29-17-30-27/h7-8,13,15,17H,6,9-12,14,16H2,1-5H3. The Balaban J connectivity index is 1.33. The minimum atomic E-state index is 0.170. The van der Waals surface area contributed by atoms with Gasteiger partial charge in [0.1, 0.15) is 17.9 Å². The van der Waals surface area contributed by atoms with Gasteiger partial charge >= 0.3 is 0 Å². The summed E-state index contributed by atoms with van der Waals surface area (Å²) in [5, 5.41) is 0. The number of benzene rings is 1. The average Bonchev–Trinajstić information content (AvgIpc) is 3.41. The van der Waals surface area contributed by atoms with Gasteiger partial charge in [-0.3, -0.25) is 4.99 Å². The summed E-state index contributed by atoms with van der Waals surface area (Å²) in [4.78, 5) is 16.8. The number of piperidine rings is 1. The highest BCUT2D eigenvalue weighted by Crippen LogP contribution is 2.45. The van der Waals surface area contributed by atoms with E-state index in [4.69, 9.17) is 9.73 Å². The fraction of sp³-hybridized carbons (Fsp3) is 0.464. The first-order valence-corrected chi connectivity index (χ1v) is 12.1. The van der Waals surface area contributed by atoms with Crippen molar-refractivity contribution in [3.63, 3.8) is 0 Å². The largest absolute Gasteiger partial charge is 0.496 e. The second-order valence-electron chi connectivity index (χ2n) is 9.83. The van der Waals surface area contributed by atoms with Crippen molar-refractivity contribution in [2.45, 2.75) is 59.8 Å². The van der Waals surface area contributed by atoms with Gasteiger partial charge in [0.25, 0.3) is 0 Å². The zero-order valence-corrected chi connectivity index (χ0v) is 20.5. The molecule has 172 valence electrons. The fourth-order valence-corrected chi connectivity index (χ4v) is 5.80. The molecule has 2 aliphatic heterocycles. The van der Waals surface area contributed by atoms with Crippen LogP contribution in [-0.2, 0) is 6.42 Å². The number of anilines is 1. The molecule has 0 spiro atoms. The van der Waals surface area contributed by atoms with Crippen molar-refractivity contribution in [3.8, 4) is 5.75 Å². The number of nitrogens with zero attached hydrogens (tertiary/aromatic N) is 4. The van der Waals surface area contributed by atoms with Gasteiger partial charge in [0, 0.05) is 48.3 Å². The molecule has 5 rings (SSSR count). The Morgan fingerprint density at radius 2 is 1.85 bits per heavy atom. The number of rotatable bonds is 5. The number of aromatic nitrogens is 2. The molecule has 0 radical (unpaired) electrons. The Kier molecular flexibility index (Phi) is 5.59. The van der Waals surface area contributed by atoms with Crippen LogP contribution in [0.1, 0.15) is 68.8 Å². The van der Waals surface area contributed by atoms with Crippen LogP contribution < -0.4 is 9.64 Å². The predicted molar refractivity (Wildman–Crippen MR) is 136 cm³/mol. The van der Waals surface area contributed by atoms with E-state index in [1.807, 2.05) is 0 Å². The molecule has 5 nitrogen and oxygen atoms in total. The first-order chi connectivity index (χ1) is 15.9. The number of aliphatic imine (C=N–C) groups is 1. The maximum Gasteiger partial charge on any atom is 0.139 e. The van der Waals surface area contributed by atoms with Crippen molar-refractivity contribution in [2.24, 2.45) is 10.4 Å². The molecule has 3 aliphatic rings. The van der Waals surface area contributed by atoms with Gasteiger partial charge < -0.3 is 9.64 Å². The Morgan fingerprint density at radius 1 is 1.06 bits per heavy atom. The maximum atomic E-state index is 5.46. The lowest BCUT2D eigenvalue weighted by Gasteiger charge is -2.42. The van der Waals surface area contributed by atoms with Gasteiger partial charge in [0.05, 0.1) is 12.8 Å². The first-order valence-electron chi connectivity index (χ1n) is 12.1. The van der Waals surface area contributed by atoms with Crippen LogP contribution in [0.2, 0.25) is 0 Å². The van der Waals surface area contributed by atoms with E-state index < -0.39 is 0 Å². The van der Waals surface area contributed by atoms with E-state index >= 15 is 0 Å². The zero-order chi connectivity index (χ0) is 23.2. The number of hydrogen-bond acceptors (Lipinski definition) is 5. The molecule has 1 aliphatic carbocycles. The SMILES string of the molecule is CCC1(C2=NC(C)=C(c3ccc(OC)c(C)c3)C2)CCN(c2ncnc3c2C=C(C)C3)CC1. The molecule has 0 bridgehead atoms. The van der Waals surface area contributed by atoms with E-state index in [9.17, 15) is 0 Å². The quantitative estimate of drug-likeness (QED) is 0.568. The normalized spacial score (nSPS) is 19.5. The number of aryl methyl sites for hydroxylation is 1. The lowest BCUT2D eigenvalue weighted by Crippen LogP contribution is -2.44. The van der Waals surface area contributed by atoms with Crippen molar-refractivity contribution < 1.29 is 4.74 Å². The van der Waals surface area contributed by atoms with E-state index in [1.165, 1.54) is 44.9 Å². The summed E-state index contributed by atoms with van der Waals surface area (Å²) in [5.74, 6) is 2.05. The summed E-state index contributed by atoms with van der Waals surface area (Å²) in [7, 11) is 1.73. The highest BCUT2D eigenvalue weighted by atomic mass is 16.5. The van der Waals surface area contributed by atoms with Crippen LogP contribution in [0.15, 0.2) is 40.8 Å². The lowest BCUT2D eigenvalue weighted by atomic mass is 9.71. The molecule has 1 aromatic carbocycles. The fourth-order valence-electron chi connectivity index (χ4n) is 5.80. The van der Waals surface area contributed by atoms with Crippen molar-refractivity contribution in [2.75, 3.05) is 25.1 Å². The summed E-state index contributed by atoms with van der Waals surface area (Å²) >= 11 is 0. The van der Waals surface area contributed by atoms with Gasteiger partial charge in [-0.05, 0) is 68.9 Å². The lowest BCUT2D eigenvalue weighted by molar-refractivity contribution is 0.308. The minimum Gasteiger partial charge on any atom is -0.496 e. The topological polar surface area (TPSA) is 50.6 Å².